The van der Waals surface area contributed by atoms with E-state index in [-0.39, 0.29) is 0 Å². The minimum atomic E-state index is 0.546. The summed E-state index contributed by atoms with van der Waals surface area (Å²) in [7, 11) is 0. The molecule has 0 saturated carbocycles. The third-order valence-corrected chi connectivity index (χ3v) is 13.2. The van der Waals surface area contributed by atoms with Crippen molar-refractivity contribution in [2.24, 2.45) is 0 Å². The molecule has 0 aliphatic carbocycles. The van der Waals surface area contributed by atoms with Gasteiger partial charge in [-0.2, -0.15) is 0 Å². The van der Waals surface area contributed by atoms with Crippen molar-refractivity contribution >= 4 is 0 Å². The van der Waals surface area contributed by atoms with E-state index in [9.17, 15) is 0 Å². The van der Waals surface area contributed by atoms with Crippen LogP contribution in [0.2, 0.25) is 0 Å². The number of hydrogen-bond acceptors (Lipinski definition) is 4. The van der Waals surface area contributed by atoms with Crippen molar-refractivity contribution in [2.75, 3.05) is 58.9 Å². The van der Waals surface area contributed by atoms with Crippen molar-refractivity contribution < 1.29 is 0 Å². The summed E-state index contributed by atoms with van der Waals surface area (Å²) in [5.41, 5.74) is 0. The Labute approximate surface area is 355 Å². The third-order valence-electron chi connectivity index (χ3n) is 13.2. The van der Waals surface area contributed by atoms with Gasteiger partial charge in [-0.25, -0.2) is 0 Å². The molecule has 4 heteroatoms. The molecule has 0 spiro atoms. The maximum atomic E-state index is 4.10. The second-order valence-electron chi connectivity index (χ2n) is 18.7. The van der Waals surface area contributed by atoms with E-state index in [4.69, 9.17) is 0 Å². The van der Waals surface area contributed by atoms with Crippen LogP contribution in [0.15, 0.2) is 0 Å². The molecule has 1 saturated heterocycles. The second-order valence-corrected chi connectivity index (χ2v) is 18.7. The van der Waals surface area contributed by atoms with Crippen LogP contribution < -0.4 is 5.32 Å². The van der Waals surface area contributed by atoms with Crippen LogP contribution in [0.5, 0.6) is 0 Å². The molecule has 4 nitrogen and oxygen atoms in total. The summed E-state index contributed by atoms with van der Waals surface area (Å²) in [6.07, 6.45) is 54.9. The lowest BCUT2D eigenvalue weighted by molar-refractivity contribution is 0.0485. The molecular formula is C52H108N4. The third kappa shape index (κ3) is 35.8. The Balaban J connectivity index is 2.54. The molecule has 1 aliphatic rings. The van der Waals surface area contributed by atoms with E-state index in [0.717, 1.165) is 0 Å². The summed E-state index contributed by atoms with van der Waals surface area (Å²) < 4.78 is 0. The van der Waals surface area contributed by atoms with Crippen LogP contribution in [0.4, 0.5) is 0 Å². The van der Waals surface area contributed by atoms with E-state index in [0.29, 0.717) is 6.17 Å². The highest BCUT2D eigenvalue weighted by Gasteiger charge is 2.26. The molecule has 0 aromatic rings. The van der Waals surface area contributed by atoms with Gasteiger partial charge in [0, 0.05) is 32.7 Å². The lowest BCUT2D eigenvalue weighted by atomic mass is 10.1. The Bertz CT molecular complexity index is 706. The molecule has 56 heavy (non-hydrogen) atoms. The molecule has 1 fully saturated rings. The van der Waals surface area contributed by atoms with Crippen LogP contribution in [0.1, 0.15) is 272 Å². The number of unbranched alkanes of at least 4 members (excludes halogenated alkanes) is 34. The van der Waals surface area contributed by atoms with Gasteiger partial charge in [0.1, 0.15) is 0 Å². The topological polar surface area (TPSA) is 21.8 Å². The highest BCUT2D eigenvalue weighted by atomic mass is 15.4. The van der Waals surface area contributed by atoms with E-state index in [1.807, 2.05) is 0 Å². The van der Waals surface area contributed by atoms with E-state index < -0.39 is 0 Å². The summed E-state index contributed by atoms with van der Waals surface area (Å²) in [4.78, 5) is 8.57. The molecule has 0 bridgehead atoms. The first-order valence-corrected chi connectivity index (χ1v) is 26.7. The van der Waals surface area contributed by atoms with Crippen LogP contribution in [0.3, 0.4) is 0 Å². The molecule has 1 unspecified atom stereocenters. The highest BCUT2D eigenvalue weighted by Crippen LogP contribution is 2.16. The molecule has 1 heterocycles. The van der Waals surface area contributed by atoms with Gasteiger partial charge in [0.25, 0.3) is 0 Å². The number of nitrogens with zero attached hydrogens (tertiary/aromatic N) is 3. The SMILES string of the molecule is CCCCCCCCCCCCN(CCCCCCCCCCCC)CCN1CCN(CCCCCCCCCCCC)C(NCCCCCCCCCC)C1. The van der Waals surface area contributed by atoms with Gasteiger partial charge in [0.2, 0.25) is 0 Å². The molecule has 1 rings (SSSR count). The molecule has 0 aromatic carbocycles. The molecule has 0 amide bonds. The van der Waals surface area contributed by atoms with Crippen LogP contribution in [0, 0.1) is 0 Å². The summed E-state index contributed by atoms with van der Waals surface area (Å²) in [6.45, 7) is 20.7. The molecule has 1 atom stereocenters. The van der Waals surface area contributed by atoms with Crippen LogP contribution in [-0.2, 0) is 0 Å². The maximum Gasteiger partial charge on any atom is 0.0728 e. The first-order valence-electron chi connectivity index (χ1n) is 26.7. The predicted molar refractivity (Wildman–Crippen MR) is 254 cm³/mol. The highest BCUT2D eigenvalue weighted by molar-refractivity contribution is 4.81. The minimum absolute atomic E-state index is 0.546. The van der Waals surface area contributed by atoms with Gasteiger partial charge in [-0.05, 0) is 51.9 Å². The van der Waals surface area contributed by atoms with Crippen LogP contribution in [0.25, 0.3) is 0 Å². The van der Waals surface area contributed by atoms with Crippen molar-refractivity contribution in [3.8, 4) is 0 Å². The Hall–Kier alpha value is -0.160. The van der Waals surface area contributed by atoms with Gasteiger partial charge in [0.05, 0.1) is 6.17 Å². The van der Waals surface area contributed by atoms with E-state index in [1.165, 1.54) is 303 Å². The van der Waals surface area contributed by atoms with E-state index in [2.05, 4.69) is 47.7 Å². The molecule has 1 aliphatic heterocycles. The lowest BCUT2D eigenvalue weighted by Gasteiger charge is -2.42. The average molecular weight is 789 g/mol. The summed E-state index contributed by atoms with van der Waals surface area (Å²) in [5, 5.41) is 4.10. The Morgan fingerprint density at radius 3 is 1.09 bits per heavy atom. The molecule has 0 radical (unpaired) electrons. The van der Waals surface area contributed by atoms with Gasteiger partial charge in [-0.1, -0.05) is 246 Å². The summed E-state index contributed by atoms with van der Waals surface area (Å²) >= 11 is 0. The van der Waals surface area contributed by atoms with Gasteiger partial charge < -0.3 is 10.2 Å². The lowest BCUT2D eigenvalue weighted by Crippen LogP contribution is -2.60. The number of hydrogen-bond donors (Lipinski definition) is 1. The Kier molecular flexibility index (Phi) is 42.7. The van der Waals surface area contributed by atoms with Gasteiger partial charge in [-0.15, -0.1) is 0 Å². The van der Waals surface area contributed by atoms with Crippen LogP contribution in [-0.4, -0.2) is 79.8 Å². The molecule has 336 valence electrons. The summed E-state index contributed by atoms with van der Waals surface area (Å²) in [6, 6.07) is 0. The zero-order valence-corrected chi connectivity index (χ0v) is 39.7. The van der Waals surface area contributed by atoms with Crippen molar-refractivity contribution in [3.05, 3.63) is 0 Å². The van der Waals surface area contributed by atoms with Crippen molar-refractivity contribution in [2.45, 2.75) is 278 Å². The fourth-order valence-electron chi connectivity index (χ4n) is 9.14. The van der Waals surface area contributed by atoms with Gasteiger partial charge in [-0.3, -0.25) is 9.80 Å². The zero-order valence-electron chi connectivity index (χ0n) is 39.7. The number of nitrogens with one attached hydrogen (secondary N) is 1. The summed E-state index contributed by atoms with van der Waals surface area (Å²) in [5.74, 6) is 0. The number of rotatable bonds is 46. The fourth-order valence-corrected chi connectivity index (χ4v) is 9.14. The maximum absolute atomic E-state index is 4.10. The van der Waals surface area contributed by atoms with Crippen molar-refractivity contribution in [1.82, 2.24) is 20.0 Å². The van der Waals surface area contributed by atoms with Crippen LogP contribution >= 0.6 is 0 Å². The van der Waals surface area contributed by atoms with E-state index in [1.54, 1.807) is 0 Å². The normalized spacial score (nSPS) is 15.5. The number of piperazine rings is 1. The second kappa shape index (κ2) is 44.4. The van der Waals surface area contributed by atoms with E-state index >= 15 is 0 Å². The fraction of sp³-hybridized carbons (Fsp3) is 1.00. The van der Waals surface area contributed by atoms with Crippen molar-refractivity contribution in [3.63, 3.8) is 0 Å². The molecular weight excluding hydrogens is 681 g/mol. The quantitative estimate of drug-likeness (QED) is 0.0620. The molecule has 0 aromatic heterocycles. The predicted octanol–water partition coefficient (Wildman–Crippen LogP) is 15.7. The smallest absolute Gasteiger partial charge is 0.0728 e. The Morgan fingerprint density at radius 2 is 0.696 bits per heavy atom. The Morgan fingerprint density at radius 1 is 0.357 bits per heavy atom. The largest absolute Gasteiger partial charge is 0.302 e. The standard InChI is InChI=1S/C52H108N4/c1-5-9-13-17-21-25-28-32-36-40-44-54(45-41-37-33-29-26-22-18-14-10-6-2)47-48-55-49-50-56(46-42-38-34-30-27-23-19-15-11-7-3)52(51-55)53-43-39-35-31-24-20-16-12-8-4/h52-53H,5-51H2,1-4H3. The minimum Gasteiger partial charge on any atom is -0.302 e. The first-order chi connectivity index (χ1) is 27.7. The molecule has 1 N–H and O–H groups in total. The van der Waals surface area contributed by atoms with Gasteiger partial charge in [0.15, 0.2) is 0 Å². The first kappa shape index (κ1) is 53.9. The monoisotopic (exact) mass is 789 g/mol. The average Bonchev–Trinajstić information content (AvgIpc) is 3.21. The van der Waals surface area contributed by atoms with Gasteiger partial charge >= 0.3 is 0 Å². The van der Waals surface area contributed by atoms with Crippen molar-refractivity contribution in [1.29, 1.82) is 0 Å². The zero-order chi connectivity index (χ0) is 40.3.